The predicted molar refractivity (Wildman–Crippen MR) is 103 cm³/mol. The van der Waals surface area contributed by atoms with Crippen LogP contribution < -0.4 is 5.43 Å². The molecule has 0 unspecified atom stereocenters. The van der Waals surface area contributed by atoms with Crippen molar-refractivity contribution in [3.63, 3.8) is 0 Å². The molecule has 9 nitrogen and oxygen atoms in total. The summed E-state index contributed by atoms with van der Waals surface area (Å²) in [5.41, 5.74) is 4.72. The van der Waals surface area contributed by atoms with Crippen molar-refractivity contribution >= 4 is 17.9 Å². The van der Waals surface area contributed by atoms with Crippen LogP contribution in [0.3, 0.4) is 0 Å². The van der Waals surface area contributed by atoms with E-state index in [0.717, 1.165) is 5.69 Å². The Hall–Kier alpha value is -4.27. The summed E-state index contributed by atoms with van der Waals surface area (Å²) in [6.07, 6.45) is 4.98. The fraction of sp³-hybridized carbons (Fsp3) is 0. The summed E-state index contributed by atoms with van der Waals surface area (Å²) >= 11 is 0. The van der Waals surface area contributed by atoms with E-state index in [1.807, 2.05) is 36.4 Å². The monoisotopic (exact) mass is 374 g/mol. The van der Waals surface area contributed by atoms with Crippen LogP contribution in [-0.2, 0) is 0 Å². The molecule has 0 aliphatic heterocycles. The van der Waals surface area contributed by atoms with Gasteiger partial charge in [0.15, 0.2) is 5.76 Å². The number of aromatic nitrogens is 3. The normalized spacial score (nSPS) is 11.0. The van der Waals surface area contributed by atoms with Gasteiger partial charge in [-0.15, -0.1) is 0 Å². The zero-order valence-corrected chi connectivity index (χ0v) is 14.5. The number of benzene rings is 1. The van der Waals surface area contributed by atoms with Crippen LogP contribution in [0.25, 0.3) is 17.1 Å². The molecule has 0 atom stereocenters. The lowest BCUT2D eigenvalue weighted by Crippen LogP contribution is -1.93. The van der Waals surface area contributed by atoms with Crippen LogP contribution in [0.4, 0.5) is 11.7 Å². The summed E-state index contributed by atoms with van der Waals surface area (Å²) in [4.78, 5) is 14.5. The number of rotatable bonds is 6. The number of hydrogen-bond acceptors (Lipinski definition) is 7. The topological polar surface area (TPSA) is 111 Å². The minimum absolute atomic E-state index is 0.278. The van der Waals surface area contributed by atoms with Crippen molar-refractivity contribution < 1.29 is 9.34 Å². The standard InChI is InChI=1S/C19H14N6O3/c26-25(27)18-10-9-16(28-18)19-14(12-21-22-17-8-4-5-11-20-17)13-24(23-19)15-6-2-1-3-7-15/h1-13H,(H,20,22). The number of hydrazone groups is 1. The van der Waals surface area contributed by atoms with Crippen molar-refractivity contribution in [1.29, 1.82) is 0 Å². The Morgan fingerprint density at radius 2 is 1.93 bits per heavy atom. The van der Waals surface area contributed by atoms with Crippen LogP contribution in [-0.4, -0.2) is 25.9 Å². The summed E-state index contributed by atoms with van der Waals surface area (Å²) < 4.78 is 6.97. The molecule has 138 valence electrons. The first-order chi connectivity index (χ1) is 13.7. The molecule has 0 bridgehead atoms. The molecule has 9 heteroatoms. The van der Waals surface area contributed by atoms with Gasteiger partial charge in [-0.3, -0.25) is 15.5 Å². The van der Waals surface area contributed by atoms with Crippen LogP contribution in [0.2, 0.25) is 0 Å². The van der Waals surface area contributed by atoms with E-state index in [1.165, 1.54) is 12.1 Å². The number of nitrogens with one attached hydrogen (secondary N) is 1. The molecule has 4 aromatic rings. The second-order valence-electron chi connectivity index (χ2n) is 5.69. The molecular formula is C19H14N6O3. The first kappa shape index (κ1) is 17.2. The molecule has 0 aliphatic rings. The van der Waals surface area contributed by atoms with Crippen molar-refractivity contribution in [2.45, 2.75) is 0 Å². The molecular weight excluding hydrogens is 360 g/mol. The van der Waals surface area contributed by atoms with Crippen LogP contribution in [0, 0.1) is 10.1 Å². The molecule has 28 heavy (non-hydrogen) atoms. The Kier molecular flexibility index (Phi) is 4.62. The van der Waals surface area contributed by atoms with Crippen molar-refractivity contribution in [1.82, 2.24) is 14.8 Å². The smallest absolute Gasteiger partial charge is 0.399 e. The van der Waals surface area contributed by atoms with E-state index in [-0.39, 0.29) is 11.6 Å². The summed E-state index contributed by atoms with van der Waals surface area (Å²) in [5.74, 6) is 0.517. The Morgan fingerprint density at radius 3 is 2.64 bits per heavy atom. The molecule has 0 fully saturated rings. The summed E-state index contributed by atoms with van der Waals surface area (Å²) in [5, 5.41) is 19.6. The van der Waals surface area contributed by atoms with Crippen LogP contribution in [0.5, 0.6) is 0 Å². The van der Waals surface area contributed by atoms with Gasteiger partial charge in [-0.05, 0) is 30.3 Å². The average molecular weight is 374 g/mol. The highest BCUT2D eigenvalue weighted by atomic mass is 16.6. The lowest BCUT2D eigenvalue weighted by atomic mass is 10.2. The highest BCUT2D eigenvalue weighted by Crippen LogP contribution is 2.27. The van der Waals surface area contributed by atoms with Crippen molar-refractivity contribution in [2.24, 2.45) is 5.10 Å². The van der Waals surface area contributed by atoms with Gasteiger partial charge in [-0.2, -0.15) is 10.2 Å². The Bertz CT molecular complexity index is 1120. The van der Waals surface area contributed by atoms with E-state index in [4.69, 9.17) is 4.42 Å². The first-order valence-corrected chi connectivity index (χ1v) is 8.30. The van der Waals surface area contributed by atoms with Crippen molar-refractivity contribution in [3.05, 3.63) is 88.7 Å². The maximum atomic E-state index is 10.9. The summed E-state index contributed by atoms with van der Waals surface area (Å²) in [6, 6.07) is 17.7. The average Bonchev–Trinajstić information content (AvgIpc) is 3.37. The zero-order chi connectivity index (χ0) is 19.3. The number of para-hydroxylation sites is 1. The minimum atomic E-state index is -0.589. The lowest BCUT2D eigenvalue weighted by molar-refractivity contribution is -0.401. The van der Waals surface area contributed by atoms with Crippen LogP contribution >= 0.6 is 0 Å². The van der Waals surface area contributed by atoms with Gasteiger partial charge in [-0.25, -0.2) is 9.67 Å². The minimum Gasteiger partial charge on any atom is -0.399 e. The van der Waals surface area contributed by atoms with E-state index in [0.29, 0.717) is 17.1 Å². The number of anilines is 1. The van der Waals surface area contributed by atoms with E-state index < -0.39 is 4.92 Å². The molecule has 1 aromatic carbocycles. The fourth-order valence-electron chi connectivity index (χ4n) is 2.54. The highest BCUT2D eigenvalue weighted by molar-refractivity contribution is 5.88. The van der Waals surface area contributed by atoms with Gasteiger partial charge >= 0.3 is 5.88 Å². The lowest BCUT2D eigenvalue weighted by Gasteiger charge is -1.98. The second kappa shape index (κ2) is 7.54. The third kappa shape index (κ3) is 3.63. The maximum absolute atomic E-state index is 10.9. The van der Waals surface area contributed by atoms with E-state index in [9.17, 15) is 10.1 Å². The maximum Gasteiger partial charge on any atom is 0.433 e. The fourth-order valence-corrected chi connectivity index (χ4v) is 2.54. The Balaban J connectivity index is 1.70. The summed E-state index contributed by atoms with van der Waals surface area (Å²) in [6.45, 7) is 0. The molecule has 0 radical (unpaired) electrons. The number of pyridine rings is 1. The summed E-state index contributed by atoms with van der Waals surface area (Å²) in [7, 11) is 0. The van der Waals surface area contributed by atoms with Crippen molar-refractivity contribution in [3.8, 4) is 17.1 Å². The van der Waals surface area contributed by atoms with E-state index >= 15 is 0 Å². The van der Waals surface area contributed by atoms with Crippen LogP contribution in [0.15, 0.2) is 82.6 Å². The first-order valence-electron chi connectivity index (χ1n) is 8.30. The zero-order valence-electron chi connectivity index (χ0n) is 14.5. The molecule has 4 rings (SSSR count). The molecule has 3 heterocycles. The molecule has 0 aliphatic carbocycles. The molecule has 0 saturated carbocycles. The third-order valence-corrected chi connectivity index (χ3v) is 3.82. The molecule has 1 N–H and O–H groups in total. The van der Waals surface area contributed by atoms with E-state index in [2.05, 4.69) is 20.6 Å². The Labute approximate surface area is 159 Å². The largest absolute Gasteiger partial charge is 0.433 e. The van der Waals surface area contributed by atoms with Gasteiger partial charge < -0.3 is 4.42 Å². The van der Waals surface area contributed by atoms with Gasteiger partial charge in [0.1, 0.15) is 16.4 Å². The SMILES string of the molecule is O=[N+]([O-])c1ccc(-c2nn(-c3ccccc3)cc2C=NNc2ccccn2)o1. The van der Waals surface area contributed by atoms with Gasteiger partial charge in [-0.1, -0.05) is 24.3 Å². The molecule has 0 saturated heterocycles. The third-order valence-electron chi connectivity index (χ3n) is 3.82. The molecule has 0 amide bonds. The Morgan fingerprint density at radius 1 is 1.11 bits per heavy atom. The van der Waals surface area contributed by atoms with Gasteiger partial charge in [0.2, 0.25) is 0 Å². The quantitative estimate of drug-likeness (QED) is 0.311. The number of furan rings is 1. The number of hydrogen-bond donors (Lipinski definition) is 1. The highest BCUT2D eigenvalue weighted by Gasteiger charge is 2.18. The van der Waals surface area contributed by atoms with Gasteiger partial charge in [0.05, 0.1) is 18.0 Å². The molecule has 0 spiro atoms. The van der Waals surface area contributed by atoms with Gasteiger partial charge in [0, 0.05) is 18.0 Å². The van der Waals surface area contributed by atoms with Crippen molar-refractivity contribution in [2.75, 3.05) is 5.43 Å². The van der Waals surface area contributed by atoms with E-state index in [1.54, 1.807) is 35.4 Å². The van der Waals surface area contributed by atoms with Crippen LogP contribution in [0.1, 0.15) is 5.56 Å². The molecule has 3 aromatic heterocycles. The number of nitrogens with zero attached hydrogens (tertiary/aromatic N) is 5. The predicted octanol–water partition coefficient (Wildman–Crippen LogP) is 3.88. The number of nitro groups is 1. The second-order valence-corrected chi connectivity index (χ2v) is 5.69. The van der Waals surface area contributed by atoms with Gasteiger partial charge in [0.25, 0.3) is 0 Å².